The van der Waals surface area contributed by atoms with Crippen LogP contribution >= 0.6 is 11.6 Å². The van der Waals surface area contributed by atoms with E-state index in [0.717, 1.165) is 23.3 Å². The number of carbonyl (C=O) groups is 2. The molecule has 0 spiro atoms. The molecule has 0 radical (unpaired) electrons. The number of hydrogen-bond acceptors (Lipinski definition) is 5. The summed E-state index contributed by atoms with van der Waals surface area (Å²) in [5.41, 5.74) is 2.42. The van der Waals surface area contributed by atoms with Crippen molar-refractivity contribution in [3.05, 3.63) is 68.2 Å². The molecule has 0 saturated heterocycles. The van der Waals surface area contributed by atoms with Crippen LogP contribution in [0.25, 0.3) is 0 Å². The Labute approximate surface area is 148 Å². The average Bonchev–Trinajstić information content (AvgIpc) is 2.56. The lowest BCUT2D eigenvalue weighted by molar-refractivity contribution is -0.384. The van der Waals surface area contributed by atoms with Gasteiger partial charge in [0.2, 0.25) is 0 Å². The maximum absolute atomic E-state index is 11.9. The Balaban J connectivity index is 1.96. The van der Waals surface area contributed by atoms with Crippen LogP contribution in [0, 0.1) is 24.0 Å². The van der Waals surface area contributed by atoms with Crippen LogP contribution < -0.4 is 5.32 Å². The van der Waals surface area contributed by atoms with Crippen LogP contribution in [0.3, 0.4) is 0 Å². The third-order valence-corrected chi connectivity index (χ3v) is 3.82. The van der Waals surface area contributed by atoms with Gasteiger partial charge in [-0.25, -0.2) is 4.79 Å². The number of nitro benzene ring substituents is 1. The zero-order chi connectivity index (χ0) is 18.6. The Morgan fingerprint density at radius 3 is 2.48 bits per heavy atom. The zero-order valence-electron chi connectivity index (χ0n) is 13.5. The van der Waals surface area contributed by atoms with Gasteiger partial charge in [-0.15, -0.1) is 0 Å². The average molecular weight is 363 g/mol. The van der Waals surface area contributed by atoms with Gasteiger partial charge in [-0.05, 0) is 43.2 Å². The maximum Gasteiger partial charge on any atom is 0.340 e. The lowest BCUT2D eigenvalue weighted by Gasteiger charge is -2.09. The fraction of sp³-hybridized carbons (Fsp3) is 0.176. The highest BCUT2D eigenvalue weighted by molar-refractivity contribution is 6.33. The summed E-state index contributed by atoms with van der Waals surface area (Å²) in [6.07, 6.45) is 0. The first kappa shape index (κ1) is 18.4. The number of carbonyl (C=O) groups excluding carboxylic acids is 2. The van der Waals surface area contributed by atoms with Crippen LogP contribution in [-0.2, 0) is 9.53 Å². The van der Waals surface area contributed by atoms with E-state index in [2.05, 4.69) is 5.32 Å². The lowest BCUT2D eigenvalue weighted by atomic mass is 10.1. The molecular weight excluding hydrogens is 348 g/mol. The molecular formula is C17H15ClN2O5. The molecule has 0 aliphatic rings. The Morgan fingerprint density at radius 1 is 1.16 bits per heavy atom. The first-order valence-electron chi connectivity index (χ1n) is 7.26. The molecule has 2 aromatic rings. The third-order valence-electron chi connectivity index (χ3n) is 3.51. The first-order valence-corrected chi connectivity index (χ1v) is 7.64. The number of anilines is 1. The van der Waals surface area contributed by atoms with Crippen molar-refractivity contribution in [1.29, 1.82) is 0 Å². The summed E-state index contributed by atoms with van der Waals surface area (Å²) in [4.78, 5) is 33.8. The molecule has 0 fully saturated rings. The molecule has 130 valence electrons. The Hall–Kier alpha value is -2.93. The fourth-order valence-electron chi connectivity index (χ4n) is 2.01. The number of rotatable bonds is 5. The molecule has 0 saturated carbocycles. The highest BCUT2D eigenvalue weighted by Gasteiger charge is 2.17. The molecule has 1 amide bonds. The fourth-order valence-corrected chi connectivity index (χ4v) is 2.26. The van der Waals surface area contributed by atoms with E-state index >= 15 is 0 Å². The molecule has 1 N–H and O–H groups in total. The van der Waals surface area contributed by atoms with Gasteiger partial charge in [0.25, 0.3) is 11.6 Å². The first-order chi connectivity index (χ1) is 11.8. The number of non-ortho nitro benzene ring substituents is 1. The van der Waals surface area contributed by atoms with Crippen molar-refractivity contribution in [3.8, 4) is 0 Å². The largest absolute Gasteiger partial charge is 0.452 e. The van der Waals surface area contributed by atoms with Crippen LogP contribution in [0.2, 0.25) is 5.02 Å². The van der Waals surface area contributed by atoms with Crippen molar-refractivity contribution >= 4 is 34.9 Å². The maximum atomic E-state index is 11.9. The van der Waals surface area contributed by atoms with E-state index in [1.807, 2.05) is 26.0 Å². The number of ether oxygens (including phenoxy) is 1. The predicted octanol–water partition coefficient (Wildman–Crippen LogP) is 3.66. The van der Waals surface area contributed by atoms with Gasteiger partial charge < -0.3 is 10.1 Å². The molecule has 25 heavy (non-hydrogen) atoms. The number of esters is 1. The molecule has 8 heteroatoms. The zero-order valence-corrected chi connectivity index (χ0v) is 14.3. The molecule has 7 nitrogen and oxygen atoms in total. The molecule has 0 aliphatic heterocycles. The summed E-state index contributed by atoms with van der Waals surface area (Å²) in [7, 11) is 0. The number of nitrogens with zero attached hydrogens (tertiary/aromatic N) is 1. The smallest absolute Gasteiger partial charge is 0.340 e. The van der Waals surface area contributed by atoms with Gasteiger partial charge in [0.1, 0.15) is 0 Å². The van der Waals surface area contributed by atoms with Gasteiger partial charge >= 0.3 is 5.97 Å². The Kier molecular flexibility index (Phi) is 5.71. The second-order valence-corrected chi connectivity index (χ2v) is 5.75. The van der Waals surface area contributed by atoms with E-state index in [-0.39, 0.29) is 16.3 Å². The van der Waals surface area contributed by atoms with E-state index in [0.29, 0.717) is 5.69 Å². The second-order valence-electron chi connectivity index (χ2n) is 5.34. The van der Waals surface area contributed by atoms with Crippen molar-refractivity contribution in [2.24, 2.45) is 0 Å². The Morgan fingerprint density at radius 2 is 1.88 bits per heavy atom. The van der Waals surface area contributed by atoms with Crippen LogP contribution in [0.1, 0.15) is 21.5 Å². The molecule has 0 aliphatic carbocycles. The minimum absolute atomic E-state index is 0.0498. The van der Waals surface area contributed by atoms with E-state index in [1.165, 1.54) is 6.07 Å². The number of nitro groups is 1. The number of benzene rings is 2. The van der Waals surface area contributed by atoms with Crippen LogP contribution in [0.5, 0.6) is 0 Å². The van der Waals surface area contributed by atoms with Gasteiger partial charge in [-0.3, -0.25) is 14.9 Å². The monoisotopic (exact) mass is 362 g/mol. The van der Waals surface area contributed by atoms with E-state index in [9.17, 15) is 19.7 Å². The molecule has 0 atom stereocenters. The van der Waals surface area contributed by atoms with Crippen molar-refractivity contribution in [2.45, 2.75) is 13.8 Å². The summed E-state index contributed by atoms with van der Waals surface area (Å²) in [5, 5.41) is 13.1. The number of halogens is 1. The third kappa shape index (κ3) is 4.77. The standard InChI is InChI=1S/C17H15ClN2O5/c1-10-3-4-12(7-11(10)2)19-16(21)9-25-17(22)14-6-5-13(20(23)24)8-15(14)18/h3-8H,9H2,1-2H3,(H,19,21). The topological polar surface area (TPSA) is 98.5 Å². The van der Waals surface area contributed by atoms with Crippen molar-refractivity contribution in [3.63, 3.8) is 0 Å². The summed E-state index contributed by atoms with van der Waals surface area (Å²) in [6.45, 7) is 3.37. The summed E-state index contributed by atoms with van der Waals surface area (Å²) in [6, 6.07) is 8.79. The predicted molar refractivity (Wildman–Crippen MR) is 92.9 cm³/mol. The lowest BCUT2D eigenvalue weighted by Crippen LogP contribution is -2.21. The minimum atomic E-state index is -0.838. The van der Waals surface area contributed by atoms with Crippen molar-refractivity contribution < 1.29 is 19.2 Å². The van der Waals surface area contributed by atoms with Crippen LogP contribution in [-0.4, -0.2) is 23.4 Å². The van der Waals surface area contributed by atoms with Crippen LogP contribution in [0.4, 0.5) is 11.4 Å². The van der Waals surface area contributed by atoms with Gasteiger partial charge in [-0.1, -0.05) is 17.7 Å². The molecule has 0 heterocycles. The summed E-state index contributed by atoms with van der Waals surface area (Å²) < 4.78 is 4.89. The highest BCUT2D eigenvalue weighted by atomic mass is 35.5. The number of aryl methyl sites for hydroxylation is 2. The number of hydrogen-bond donors (Lipinski definition) is 1. The molecule has 0 bridgehead atoms. The van der Waals surface area contributed by atoms with E-state index < -0.39 is 23.4 Å². The van der Waals surface area contributed by atoms with Gasteiger partial charge in [0.15, 0.2) is 6.61 Å². The normalized spacial score (nSPS) is 10.2. The Bertz CT molecular complexity index is 851. The number of amides is 1. The van der Waals surface area contributed by atoms with Gasteiger partial charge in [0.05, 0.1) is 15.5 Å². The van der Waals surface area contributed by atoms with Crippen molar-refractivity contribution in [2.75, 3.05) is 11.9 Å². The highest BCUT2D eigenvalue weighted by Crippen LogP contribution is 2.23. The number of nitrogens with one attached hydrogen (secondary N) is 1. The quantitative estimate of drug-likeness (QED) is 0.497. The SMILES string of the molecule is Cc1ccc(NC(=O)COC(=O)c2ccc([N+](=O)[O-])cc2Cl)cc1C. The molecule has 0 unspecified atom stereocenters. The van der Waals surface area contributed by atoms with Gasteiger partial charge in [-0.2, -0.15) is 0 Å². The van der Waals surface area contributed by atoms with E-state index in [1.54, 1.807) is 6.07 Å². The molecule has 0 aromatic heterocycles. The van der Waals surface area contributed by atoms with Crippen LogP contribution in [0.15, 0.2) is 36.4 Å². The van der Waals surface area contributed by atoms with Crippen molar-refractivity contribution in [1.82, 2.24) is 0 Å². The van der Waals surface area contributed by atoms with Gasteiger partial charge in [0, 0.05) is 17.8 Å². The molecule has 2 rings (SSSR count). The second kappa shape index (κ2) is 7.76. The minimum Gasteiger partial charge on any atom is -0.452 e. The van der Waals surface area contributed by atoms with E-state index in [4.69, 9.17) is 16.3 Å². The molecule has 2 aromatic carbocycles. The summed E-state index contributed by atoms with van der Waals surface area (Å²) >= 11 is 5.84. The summed E-state index contributed by atoms with van der Waals surface area (Å²) in [5.74, 6) is -1.34.